The van der Waals surface area contributed by atoms with E-state index in [2.05, 4.69) is 11.3 Å². The van der Waals surface area contributed by atoms with Crippen molar-refractivity contribution in [3.8, 4) is 5.75 Å². The maximum absolute atomic E-state index is 12.0. The molecule has 1 aromatic carbocycles. The Balaban J connectivity index is 2.38. The maximum atomic E-state index is 12.0. The fourth-order valence-corrected chi connectivity index (χ4v) is 1.39. The van der Waals surface area contributed by atoms with E-state index in [1.54, 1.807) is 0 Å². The molecule has 1 aromatic rings. The van der Waals surface area contributed by atoms with Crippen LogP contribution in [-0.4, -0.2) is 31.5 Å². The fraction of sp³-hybridized carbons (Fsp3) is 0.250. The molecule has 24 heavy (non-hydrogen) atoms. The second kappa shape index (κ2) is 8.76. The predicted octanol–water partition coefficient (Wildman–Crippen LogP) is 3.26. The highest BCUT2D eigenvalue weighted by molar-refractivity contribution is 5.87. The minimum Gasteiger partial charge on any atom is -0.459 e. The molecule has 0 radical (unpaired) electrons. The van der Waals surface area contributed by atoms with Crippen LogP contribution in [0.3, 0.4) is 0 Å². The molecule has 0 bridgehead atoms. The van der Waals surface area contributed by atoms with Gasteiger partial charge in [0.05, 0.1) is 0 Å². The number of rotatable bonds is 7. The molecule has 0 atom stereocenters. The van der Waals surface area contributed by atoms with Crippen molar-refractivity contribution in [2.24, 2.45) is 0 Å². The first-order chi connectivity index (χ1) is 11.2. The number of hydrogen-bond acceptors (Lipinski definition) is 5. The van der Waals surface area contributed by atoms with Crippen molar-refractivity contribution in [2.75, 3.05) is 13.2 Å². The van der Waals surface area contributed by atoms with Crippen LogP contribution in [0.25, 0.3) is 6.08 Å². The van der Waals surface area contributed by atoms with E-state index < -0.39 is 18.3 Å². The summed E-state index contributed by atoms with van der Waals surface area (Å²) in [5.41, 5.74) is 0.717. The SMILES string of the molecule is C=C(C)C(=O)OCCOC(=O)/C=C/c1ccc(OC(F)(F)F)cc1. The van der Waals surface area contributed by atoms with Crippen LogP contribution in [-0.2, 0) is 19.1 Å². The molecule has 0 aromatic heterocycles. The topological polar surface area (TPSA) is 61.8 Å². The third kappa shape index (κ3) is 8.02. The van der Waals surface area contributed by atoms with Gasteiger partial charge in [0.1, 0.15) is 19.0 Å². The Morgan fingerprint density at radius 1 is 1.12 bits per heavy atom. The minimum atomic E-state index is -4.76. The van der Waals surface area contributed by atoms with E-state index in [0.717, 1.165) is 18.2 Å². The van der Waals surface area contributed by atoms with Crippen LogP contribution in [0.15, 0.2) is 42.5 Å². The summed E-state index contributed by atoms with van der Waals surface area (Å²) >= 11 is 0. The molecule has 130 valence electrons. The molecule has 0 saturated heterocycles. The van der Waals surface area contributed by atoms with Crippen molar-refractivity contribution < 1.29 is 37.0 Å². The molecule has 0 heterocycles. The van der Waals surface area contributed by atoms with E-state index in [-0.39, 0.29) is 24.5 Å². The summed E-state index contributed by atoms with van der Waals surface area (Å²) in [6, 6.07) is 4.93. The number of carbonyl (C=O) groups excluding carboxylic acids is 2. The van der Waals surface area contributed by atoms with Crippen LogP contribution in [0.5, 0.6) is 5.75 Å². The number of esters is 2. The summed E-state index contributed by atoms with van der Waals surface area (Å²) in [6.07, 6.45) is -2.30. The fourth-order valence-electron chi connectivity index (χ4n) is 1.39. The highest BCUT2D eigenvalue weighted by Gasteiger charge is 2.30. The molecule has 0 unspecified atom stereocenters. The zero-order chi connectivity index (χ0) is 18.2. The predicted molar refractivity (Wildman–Crippen MR) is 78.9 cm³/mol. The van der Waals surface area contributed by atoms with Gasteiger partial charge in [-0.3, -0.25) is 0 Å². The quantitative estimate of drug-likeness (QED) is 0.432. The van der Waals surface area contributed by atoms with Crippen molar-refractivity contribution in [3.63, 3.8) is 0 Å². The Morgan fingerprint density at radius 2 is 1.71 bits per heavy atom. The summed E-state index contributed by atoms with van der Waals surface area (Å²) in [4.78, 5) is 22.5. The third-order valence-corrected chi connectivity index (χ3v) is 2.43. The smallest absolute Gasteiger partial charge is 0.459 e. The molecular weight excluding hydrogens is 329 g/mol. The standard InChI is InChI=1S/C16H15F3O5/c1-11(2)15(21)23-10-9-22-14(20)8-5-12-3-6-13(7-4-12)24-16(17,18)19/h3-8H,1,9-10H2,2H3/b8-5+. The van der Waals surface area contributed by atoms with E-state index in [1.807, 2.05) is 0 Å². The molecule has 0 saturated carbocycles. The van der Waals surface area contributed by atoms with Crippen LogP contribution in [0, 0.1) is 0 Å². The van der Waals surface area contributed by atoms with E-state index in [9.17, 15) is 22.8 Å². The Bertz CT molecular complexity index is 618. The van der Waals surface area contributed by atoms with Crippen molar-refractivity contribution in [3.05, 3.63) is 48.1 Å². The van der Waals surface area contributed by atoms with Gasteiger partial charge in [0, 0.05) is 11.6 Å². The third-order valence-electron chi connectivity index (χ3n) is 2.43. The summed E-state index contributed by atoms with van der Waals surface area (Å²) in [5, 5.41) is 0. The van der Waals surface area contributed by atoms with Gasteiger partial charge < -0.3 is 14.2 Å². The summed E-state index contributed by atoms with van der Waals surface area (Å²) in [7, 11) is 0. The normalized spacial score (nSPS) is 11.2. The molecular formula is C16H15F3O5. The van der Waals surface area contributed by atoms with Crippen molar-refractivity contribution in [1.82, 2.24) is 0 Å². The molecule has 0 spiro atoms. The molecule has 0 aliphatic rings. The maximum Gasteiger partial charge on any atom is 0.573 e. The van der Waals surface area contributed by atoms with E-state index in [1.165, 1.54) is 25.1 Å². The Hall–Kier alpha value is -2.77. The lowest BCUT2D eigenvalue weighted by atomic mass is 10.2. The van der Waals surface area contributed by atoms with Crippen molar-refractivity contribution >= 4 is 18.0 Å². The van der Waals surface area contributed by atoms with Crippen LogP contribution in [0.2, 0.25) is 0 Å². The number of hydrogen-bond donors (Lipinski definition) is 0. The van der Waals surface area contributed by atoms with Gasteiger partial charge >= 0.3 is 18.3 Å². The minimum absolute atomic E-state index is 0.102. The molecule has 0 aliphatic heterocycles. The molecule has 8 heteroatoms. The monoisotopic (exact) mass is 344 g/mol. The highest BCUT2D eigenvalue weighted by Crippen LogP contribution is 2.22. The summed E-state index contributed by atoms with van der Waals surface area (Å²) in [6.45, 7) is 4.65. The van der Waals surface area contributed by atoms with Crippen LogP contribution >= 0.6 is 0 Å². The van der Waals surface area contributed by atoms with Gasteiger partial charge in [-0.1, -0.05) is 18.7 Å². The van der Waals surface area contributed by atoms with Crippen molar-refractivity contribution in [2.45, 2.75) is 13.3 Å². The lowest BCUT2D eigenvalue weighted by molar-refractivity contribution is -0.274. The van der Waals surface area contributed by atoms with Gasteiger partial charge in [-0.15, -0.1) is 13.2 Å². The van der Waals surface area contributed by atoms with Crippen LogP contribution in [0.1, 0.15) is 12.5 Å². The molecule has 0 aliphatic carbocycles. The second-order valence-corrected chi connectivity index (χ2v) is 4.53. The lowest BCUT2D eigenvalue weighted by Crippen LogP contribution is -2.16. The van der Waals surface area contributed by atoms with Gasteiger partial charge in [-0.05, 0) is 30.7 Å². The zero-order valence-corrected chi connectivity index (χ0v) is 12.8. The number of carbonyl (C=O) groups is 2. The average molecular weight is 344 g/mol. The Kier molecular flexibility index (Phi) is 7.03. The summed E-state index contributed by atoms with van der Waals surface area (Å²) in [5.74, 6) is -1.62. The molecule has 1 rings (SSSR count). The van der Waals surface area contributed by atoms with E-state index in [4.69, 9.17) is 9.47 Å². The molecule has 0 N–H and O–H groups in total. The van der Waals surface area contributed by atoms with Crippen LogP contribution in [0.4, 0.5) is 13.2 Å². The van der Waals surface area contributed by atoms with Crippen LogP contribution < -0.4 is 4.74 Å². The average Bonchev–Trinajstić information content (AvgIpc) is 2.49. The summed E-state index contributed by atoms with van der Waals surface area (Å²) < 4.78 is 49.2. The zero-order valence-electron chi connectivity index (χ0n) is 12.8. The molecule has 0 fully saturated rings. The first-order valence-electron chi connectivity index (χ1n) is 6.70. The first kappa shape index (κ1) is 19.3. The van der Waals surface area contributed by atoms with Gasteiger partial charge in [-0.2, -0.15) is 0 Å². The van der Waals surface area contributed by atoms with E-state index in [0.29, 0.717) is 5.56 Å². The van der Waals surface area contributed by atoms with E-state index >= 15 is 0 Å². The largest absolute Gasteiger partial charge is 0.573 e. The number of halogens is 3. The first-order valence-corrected chi connectivity index (χ1v) is 6.70. The van der Waals surface area contributed by atoms with Gasteiger partial charge in [0.2, 0.25) is 0 Å². The van der Waals surface area contributed by atoms with Gasteiger partial charge in [0.15, 0.2) is 0 Å². The number of ether oxygens (including phenoxy) is 3. The van der Waals surface area contributed by atoms with Gasteiger partial charge in [-0.25, -0.2) is 9.59 Å². The van der Waals surface area contributed by atoms with Gasteiger partial charge in [0.25, 0.3) is 0 Å². The lowest BCUT2D eigenvalue weighted by Gasteiger charge is -2.08. The molecule has 0 amide bonds. The number of alkyl halides is 3. The van der Waals surface area contributed by atoms with Crippen molar-refractivity contribution in [1.29, 1.82) is 0 Å². The highest BCUT2D eigenvalue weighted by atomic mass is 19.4. The molecule has 5 nitrogen and oxygen atoms in total. The second-order valence-electron chi connectivity index (χ2n) is 4.53. The Labute approximate surface area is 136 Å². The Morgan fingerprint density at radius 3 is 2.25 bits per heavy atom. The number of benzene rings is 1.